The standard InChI is InChI=1S/C8H11NS3/c1-10-8-9-12-7-5-3-2-4-6(7)11-8/h2-5H2,1H3. The number of hydrogen-bond acceptors (Lipinski definition) is 4. The molecule has 4 heteroatoms. The minimum atomic E-state index is 1.22. The van der Waals surface area contributed by atoms with Gasteiger partial charge in [-0.25, -0.2) is 0 Å². The predicted octanol–water partition coefficient (Wildman–Crippen LogP) is 3.89. The van der Waals surface area contributed by atoms with Crippen molar-refractivity contribution in [1.29, 1.82) is 0 Å². The molecule has 1 nitrogen and oxygen atoms in total. The Bertz CT molecular complexity index is 245. The highest BCUT2D eigenvalue weighted by atomic mass is 32.2. The maximum atomic E-state index is 4.43. The number of hydrogen-bond donors (Lipinski definition) is 0. The van der Waals surface area contributed by atoms with Crippen LogP contribution in [0.3, 0.4) is 0 Å². The monoisotopic (exact) mass is 217 g/mol. The van der Waals surface area contributed by atoms with Crippen LogP contribution in [0.5, 0.6) is 0 Å². The lowest BCUT2D eigenvalue weighted by Crippen LogP contribution is -2.00. The molecule has 0 saturated heterocycles. The van der Waals surface area contributed by atoms with Gasteiger partial charge in [0.05, 0.1) is 0 Å². The second-order valence-corrected chi connectivity index (χ2v) is 5.80. The van der Waals surface area contributed by atoms with Crippen LogP contribution in [0.4, 0.5) is 0 Å². The van der Waals surface area contributed by atoms with Gasteiger partial charge >= 0.3 is 0 Å². The van der Waals surface area contributed by atoms with Crippen LogP contribution < -0.4 is 0 Å². The summed E-state index contributed by atoms with van der Waals surface area (Å²) in [5, 5.41) is 0. The average Bonchev–Trinajstić information content (AvgIpc) is 2.17. The summed E-state index contributed by atoms with van der Waals surface area (Å²) in [5.74, 6) is 0. The minimum Gasteiger partial charge on any atom is -0.197 e. The first-order chi connectivity index (χ1) is 5.90. The van der Waals surface area contributed by atoms with Gasteiger partial charge < -0.3 is 0 Å². The number of nitrogens with zero attached hydrogens (tertiary/aromatic N) is 1. The third kappa shape index (κ3) is 1.86. The van der Waals surface area contributed by atoms with E-state index in [2.05, 4.69) is 10.7 Å². The molecule has 0 radical (unpaired) electrons. The van der Waals surface area contributed by atoms with E-state index in [0.29, 0.717) is 0 Å². The van der Waals surface area contributed by atoms with Crippen LogP contribution in [0.25, 0.3) is 0 Å². The zero-order valence-corrected chi connectivity index (χ0v) is 9.45. The van der Waals surface area contributed by atoms with Gasteiger partial charge in [0.15, 0.2) is 0 Å². The van der Waals surface area contributed by atoms with E-state index in [1.807, 2.05) is 11.8 Å². The van der Waals surface area contributed by atoms with Crippen LogP contribution in [0.2, 0.25) is 0 Å². The highest BCUT2D eigenvalue weighted by molar-refractivity contribution is 8.41. The molecular weight excluding hydrogens is 206 g/mol. The molecule has 0 aromatic heterocycles. The van der Waals surface area contributed by atoms with E-state index in [1.54, 1.807) is 28.6 Å². The van der Waals surface area contributed by atoms with Crippen LogP contribution in [0.1, 0.15) is 25.7 Å². The first kappa shape index (κ1) is 9.03. The van der Waals surface area contributed by atoms with Crippen LogP contribution in [-0.2, 0) is 0 Å². The van der Waals surface area contributed by atoms with Gasteiger partial charge in [0.2, 0.25) is 0 Å². The molecular formula is C8H11NS3. The maximum Gasteiger partial charge on any atom is 0.142 e. The van der Waals surface area contributed by atoms with E-state index >= 15 is 0 Å². The smallest absolute Gasteiger partial charge is 0.142 e. The van der Waals surface area contributed by atoms with E-state index in [1.165, 1.54) is 35.0 Å². The summed E-state index contributed by atoms with van der Waals surface area (Å²) in [6.07, 6.45) is 7.37. The molecule has 2 aliphatic rings. The Balaban J connectivity index is 2.09. The van der Waals surface area contributed by atoms with Crippen molar-refractivity contribution in [2.75, 3.05) is 6.26 Å². The molecule has 0 saturated carbocycles. The van der Waals surface area contributed by atoms with Gasteiger partial charge in [-0.1, -0.05) is 11.8 Å². The van der Waals surface area contributed by atoms with Gasteiger partial charge in [0, 0.05) is 21.8 Å². The molecule has 1 heterocycles. The summed E-state index contributed by atoms with van der Waals surface area (Å²) in [5.41, 5.74) is 0. The highest BCUT2D eigenvalue weighted by Crippen LogP contribution is 2.45. The van der Waals surface area contributed by atoms with E-state index in [-0.39, 0.29) is 0 Å². The molecule has 1 aliphatic heterocycles. The average molecular weight is 217 g/mol. The molecule has 1 aliphatic carbocycles. The summed E-state index contributed by atoms with van der Waals surface area (Å²) >= 11 is 5.35. The zero-order valence-electron chi connectivity index (χ0n) is 7.00. The topological polar surface area (TPSA) is 12.4 Å². The van der Waals surface area contributed by atoms with Crippen LogP contribution in [0, 0.1) is 0 Å². The maximum absolute atomic E-state index is 4.43. The molecule has 2 rings (SSSR count). The van der Waals surface area contributed by atoms with Gasteiger partial charge in [-0.2, -0.15) is 4.40 Å². The lowest BCUT2D eigenvalue weighted by Gasteiger charge is -2.21. The molecule has 0 spiro atoms. The molecule has 0 amide bonds. The Morgan fingerprint density at radius 3 is 2.75 bits per heavy atom. The van der Waals surface area contributed by atoms with E-state index < -0.39 is 0 Å². The number of allylic oxidation sites excluding steroid dienone is 2. The van der Waals surface area contributed by atoms with E-state index in [4.69, 9.17) is 0 Å². The Labute approximate surface area is 86.0 Å². The molecule has 0 fully saturated rings. The van der Waals surface area contributed by atoms with Crippen LogP contribution in [-0.4, -0.2) is 10.6 Å². The fraction of sp³-hybridized carbons (Fsp3) is 0.625. The van der Waals surface area contributed by atoms with E-state index in [9.17, 15) is 0 Å². The van der Waals surface area contributed by atoms with Gasteiger partial charge in [0.1, 0.15) is 4.38 Å². The Morgan fingerprint density at radius 2 is 2.00 bits per heavy atom. The summed E-state index contributed by atoms with van der Waals surface area (Å²) in [4.78, 5) is 3.12. The quantitative estimate of drug-likeness (QED) is 0.571. The highest BCUT2D eigenvalue weighted by Gasteiger charge is 2.19. The Kier molecular flexibility index (Phi) is 3.10. The normalized spacial score (nSPS) is 23.6. The first-order valence-corrected chi connectivity index (χ1v) is 6.90. The Morgan fingerprint density at radius 1 is 1.25 bits per heavy atom. The molecule has 0 N–H and O–H groups in total. The SMILES string of the molecule is CSC1=NSC2=C(CCCC2)S1. The second-order valence-electron chi connectivity index (χ2n) is 2.81. The van der Waals surface area contributed by atoms with Crippen LogP contribution >= 0.6 is 35.5 Å². The Hall–Kier alpha value is 0.460. The summed E-state index contributed by atoms with van der Waals surface area (Å²) < 4.78 is 5.66. The largest absolute Gasteiger partial charge is 0.197 e. The van der Waals surface area contributed by atoms with Crippen LogP contribution in [0.15, 0.2) is 14.2 Å². The lowest BCUT2D eigenvalue weighted by atomic mass is 10.1. The third-order valence-electron chi connectivity index (χ3n) is 1.98. The third-order valence-corrected chi connectivity index (χ3v) is 5.44. The van der Waals surface area contributed by atoms with Crippen molar-refractivity contribution in [2.24, 2.45) is 4.40 Å². The number of rotatable bonds is 0. The number of thioether (sulfide) groups is 2. The zero-order chi connectivity index (χ0) is 8.39. The summed E-state index contributed by atoms with van der Waals surface area (Å²) in [7, 11) is 0. The minimum absolute atomic E-state index is 1.22. The molecule has 0 bridgehead atoms. The predicted molar refractivity (Wildman–Crippen MR) is 61.6 cm³/mol. The molecule has 0 atom stereocenters. The molecule has 0 aromatic carbocycles. The molecule has 0 aromatic rings. The van der Waals surface area contributed by atoms with Crippen molar-refractivity contribution >= 4 is 39.8 Å². The van der Waals surface area contributed by atoms with Crippen molar-refractivity contribution in [1.82, 2.24) is 0 Å². The molecule has 12 heavy (non-hydrogen) atoms. The van der Waals surface area contributed by atoms with Gasteiger partial charge in [-0.05, 0) is 31.9 Å². The van der Waals surface area contributed by atoms with Crippen molar-refractivity contribution in [2.45, 2.75) is 25.7 Å². The van der Waals surface area contributed by atoms with Gasteiger partial charge in [-0.15, -0.1) is 11.8 Å². The van der Waals surface area contributed by atoms with E-state index in [0.717, 1.165) is 0 Å². The van der Waals surface area contributed by atoms with Gasteiger partial charge in [-0.3, -0.25) is 0 Å². The summed E-state index contributed by atoms with van der Waals surface area (Å²) in [6, 6.07) is 0. The second kappa shape index (κ2) is 4.11. The fourth-order valence-electron chi connectivity index (χ4n) is 1.35. The fourth-order valence-corrected chi connectivity index (χ4v) is 4.19. The molecule has 66 valence electrons. The van der Waals surface area contributed by atoms with Gasteiger partial charge in [0.25, 0.3) is 0 Å². The molecule has 0 unspecified atom stereocenters. The van der Waals surface area contributed by atoms with Crippen molar-refractivity contribution < 1.29 is 0 Å². The van der Waals surface area contributed by atoms with Crippen molar-refractivity contribution in [3.8, 4) is 0 Å². The van der Waals surface area contributed by atoms with Crippen molar-refractivity contribution in [3.63, 3.8) is 0 Å². The first-order valence-electron chi connectivity index (χ1n) is 4.09. The van der Waals surface area contributed by atoms with Crippen molar-refractivity contribution in [3.05, 3.63) is 9.81 Å². The summed E-state index contributed by atoms with van der Waals surface area (Å²) in [6.45, 7) is 0. The lowest BCUT2D eigenvalue weighted by molar-refractivity contribution is 0.716.